The van der Waals surface area contributed by atoms with Crippen molar-refractivity contribution in [3.05, 3.63) is 48.0 Å². The highest BCUT2D eigenvalue weighted by Crippen LogP contribution is 2.41. The molecule has 1 N–H and O–H groups in total. The van der Waals surface area contributed by atoms with Gasteiger partial charge in [0.2, 0.25) is 0 Å². The summed E-state index contributed by atoms with van der Waals surface area (Å²) in [4.78, 5) is 14.7. The molecule has 26 heavy (non-hydrogen) atoms. The van der Waals surface area contributed by atoms with Crippen molar-refractivity contribution in [1.29, 1.82) is 0 Å². The van der Waals surface area contributed by atoms with Crippen LogP contribution in [0, 0.1) is 0 Å². The number of carbonyl (C=O) groups excluding carboxylic acids is 1. The molecule has 0 bridgehead atoms. The van der Waals surface area contributed by atoms with Gasteiger partial charge in [-0.15, -0.1) is 11.8 Å². The first-order valence-electron chi connectivity index (χ1n) is 8.21. The van der Waals surface area contributed by atoms with Crippen molar-refractivity contribution in [1.82, 2.24) is 4.90 Å². The smallest absolute Gasteiger partial charge is 0.323 e. The maximum atomic E-state index is 12.9. The zero-order valence-electron chi connectivity index (χ0n) is 15.0. The van der Waals surface area contributed by atoms with Crippen LogP contribution in [-0.2, 0) is 0 Å². The standard InChI is InChI=1S/C19H22N2O4S/c1-23-14-10-13(11-15(12-14)24-2)18-21(8-9-26-18)19(22)20-16-6-4-5-7-17(16)25-3/h4-7,10-12,18H,8-9H2,1-3H3,(H,20,22)/t18-/m1/s1. The minimum atomic E-state index is -0.161. The van der Waals surface area contributed by atoms with Gasteiger partial charge in [0.05, 0.1) is 27.0 Å². The lowest BCUT2D eigenvalue weighted by Crippen LogP contribution is -2.34. The van der Waals surface area contributed by atoms with E-state index in [0.29, 0.717) is 29.5 Å². The van der Waals surface area contributed by atoms with Gasteiger partial charge in [-0.1, -0.05) is 12.1 Å². The highest BCUT2D eigenvalue weighted by Gasteiger charge is 2.31. The number of nitrogens with one attached hydrogen (secondary N) is 1. The molecule has 1 heterocycles. The molecule has 1 atom stereocenters. The zero-order chi connectivity index (χ0) is 18.5. The number of hydrogen-bond acceptors (Lipinski definition) is 5. The number of para-hydroxylation sites is 2. The van der Waals surface area contributed by atoms with Crippen molar-refractivity contribution in [2.75, 3.05) is 38.9 Å². The average Bonchev–Trinajstić information content (AvgIpc) is 3.18. The average molecular weight is 374 g/mol. The van der Waals surface area contributed by atoms with E-state index < -0.39 is 0 Å². The van der Waals surface area contributed by atoms with E-state index in [4.69, 9.17) is 14.2 Å². The van der Waals surface area contributed by atoms with Gasteiger partial charge < -0.3 is 24.4 Å². The van der Waals surface area contributed by atoms with Gasteiger partial charge in [0, 0.05) is 18.4 Å². The van der Waals surface area contributed by atoms with Crippen LogP contribution in [-0.4, -0.2) is 44.6 Å². The van der Waals surface area contributed by atoms with Gasteiger partial charge in [0.15, 0.2) is 0 Å². The Labute approximate surface area is 157 Å². The number of anilines is 1. The van der Waals surface area contributed by atoms with Gasteiger partial charge in [0.1, 0.15) is 22.6 Å². The molecule has 1 saturated heterocycles. The van der Waals surface area contributed by atoms with Crippen LogP contribution in [0.4, 0.5) is 10.5 Å². The summed E-state index contributed by atoms with van der Waals surface area (Å²) in [6.07, 6.45) is 0. The third-order valence-corrected chi connectivity index (χ3v) is 5.42. The number of nitrogens with zero attached hydrogens (tertiary/aromatic N) is 1. The summed E-state index contributed by atoms with van der Waals surface area (Å²) in [5.41, 5.74) is 1.62. The molecule has 0 spiro atoms. The fraction of sp³-hybridized carbons (Fsp3) is 0.316. The molecule has 0 aliphatic carbocycles. The number of rotatable bonds is 5. The van der Waals surface area contributed by atoms with E-state index >= 15 is 0 Å². The maximum Gasteiger partial charge on any atom is 0.323 e. The number of urea groups is 1. The Morgan fingerprint density at radius 2 is 1.77 bits per heavy atom. The second-order valence-corrected chi connectivity index (χ2v) is 6.88. The Balaban J connectivity index is 1.83. The summed E-state index contributed by atoms with van der Waals surface area (Å²) in [6.45, 7) is 0.663. The van der Waals surface area contributed by atoms with Crippen LogP contribution in [0.15, 0.2) is 42.5 Å². The molecule has 0 aromatic heterocycles. The van der Waals surface area contributed by atoms with Crippen molar-refractivity contribution >= 4 is 23.5 Å². The summed E-state index contributed by atoms with van der Waals surface area (Å²) in [5, 5.41) is 2.84. The maximum absolute atomic E-state index is 12.9. The van der Waals surface area contributed by atoms with E-state index in [1.165, 1.54) is 0 Å². The third-order valence-electron chi connectivity index (χ3n) is 4.16. The molecule has 1 aliphatic rings. The minimum absolute atomic E-state index is 0.103. The van der Waals surface area contributed by atoms with Gasteiger partial charge in [-0.2, -0.15) is 0 Å². The number of methoxy groups -OCH3 is 3. The first kappa shape index (κ1) is 18.3. The number of amides is 2. The van der Waals surface area contributed by atoms with Crippen molar-refractivity contribution in [2.45, 2.75) is 5.37 Å². The third kappa shape index (κ3) is 3.83. The van der Waals surface area contributed by atoms with Gasteiger partial charge in [-0.25, -0.2) is 4.79 Å². The first-order chi connectivity index (χ1) is 12.7. The molecular weight excluding hydrogens is 352 g/mol. The molecule has 6 nitrogen and oxygen atoms in total. The van der Waals surface area contributed by atoms with Gasteiger partial charge in [-0.05, 0) is 29.8 Å². The fourth-order valence-corrected chi connectivity index (χ4v) is 4.10. The lowest BCUT2D eigenvalue weighted by Gasteiger charge is -2.25. The predicted octanol–water partition coefficient (Wildman–Crippen LogP) is 3.99. The Kier molecular flexibility index (Phi) is 5.78. The van der Waals surface area contributed by atoms with Crippen LogP contribution in [0.5, 0.6) is 17.2 Å². The molecular formula is C19H22N2O4S. The van der Waals surface area contributed by atoms with Crippen LogP contribution < -0.4 is 19.5 Å². The summed E-state index contributed by atoms with van der Waals surface area (Å²) in [5.74, 6) is 2.91. The molecule has 7 heteroatoms. The molecule has 138 valence electrons. The lowest BCUT2D eigenvalue weighted by molar-refractivity contribution is 0.214. The van der Waals surface area contributed by atoms with Crippen LogP contribution >= 0.6 is 11.8 Å². The summed E-state index contributed by atoms with van der Waals surface area (Å²) < 4.78 is 16.0. The number of hydrogen-bond donors (Lipinski definition) is 1. The van der Waals surface area contributed by atoms with Crippen LogP contribution in [0.3, 0.4) is 0 Å². The normalized spacial score (nSPS) is 16.3. The predicted molar refractivity (Wildman–Crippen MR) is 103 cm³/mol. The summed E-state index contributed by atoms with van der Waals surface area (Å²) in [6, 6.07) is 12.9. The Morgan fingerprint density at radius 3 is 2.42 bits per heavy atom. The minimum Gasteiger partial charge on any atom is -0.497 e. The Morgan fingerprint density at radius 1 is 1.08 bits per heavy atom. The van der Waals surface area contributed by atoms with E-state index in [1.54, 1.807) is 33.1 Å². The van der Waals surface area contributed by atoms with Crippen LogP contribution in [0.2, 0.25) is 0 Å². The van der Waals surface area contributed by atoms with E-state index in [-0.39, 0.29) is 11.4 Å². The molecule has 3 rings (SSSR count). The first-order valence-corrected chi connectivity index (χ1v) is 9.26. The molecule has 1 fully saturated rings. The molecule has 1 aliphatic heterocycles. The summed E-state index contributed by atoms with van der Waals surface area (Å²) >= 11 is 1.71. The van der Waals surface area contributed by atoms with E-state index in [9.17, 15) is 4.79 Å². The van der Waals surface area contributed by atoms with Gasteiger partial charge >= 0.3 is 6.03 Å². The van der Waals surface area contributed by atoms with E-state index in [2.05, 4.69) is 5.32 Å². The number of benzene rings is 2. The highest BCUT2D eigenvalue weighted by atomic mass is 32.2. The van der Waals surface area contributed by atoms with Crippen molar-refractivity contribution in [2.24, 2.45) is 0 Å². The Bertz CT molecular complexity index is 762. The zero-order valence-corrected chi connectivity index (χ0v) is 15.8. The Hall–Kier alpha value is -2.54. The number of thioether (sulfide) groups is 1. The number of carbonyl (C=O) groups is 1. The lowest BCUT2D eigenvalue weighted by atomic mass is 10.2. The SMILES string of the molecule is COc1cc(OC)cc([C@H]2SCCN2C(=O)Nc2ccccc2OC)c1. The molecule has 0 radical (unpaired) electrons. The monoisotopic (exact) mass is 374 g/mol. The van der Waals surface area contributed by atoms with E-state index in [0.717, 1.165) is 11.3 Å². The number of ether oxygens (including phenoxy) is 3. The van der Waals surface area contributed by atoms with Crippen molar-refractivity contribution in [3.63, 3.8) is 0 Å². The van der Waals surface area contributed by atoms with Crippen molar-refractivity contribution in [3.8, 4) is 17.2 Å². The van der Waals surface area contributed by atoms with Gasteiger partial charge in [0.25, 0.3) is 0 Å². The molecule has 0 unspecified atom stereocenters. The summed E-state index contributed by atoms with van der Waals surface area (Å²) in [7, 11) is 4.82. The topological polar surface area (TPSA) is 60.0 Å². The molecule has 0 saturated carbocycles. The van der Waals surface area contributed by atoms with Crippen LogP contribution in [0.1, 0.15) is 10.9 Å². The second kappa shape index (κ2) is 8.23. The quantitative estimate of drug-likeness (QED) is 0.857. The molecule has 2 aromatic rings. The van der Waals surface area contributed by atoms with Gasteiger partial charge in [-0.3, -0.25) is 0 Å². The molecule has 2 amide bonds. The largest absolute Gasteiger partial charge is 0.497 e. The van der Waals surface area contributed by atoms with Crippen LogP contribution in [0.25, 0.3) is 0 Å². The fourth-order valence-electron chi connectivity index (χ4n) is 2.86. The molecule has 2 aromatic carbocycles. The van der Waals surface area contributed by atoms with Crippen molar-refractivity contribution < 1.29 is 19.0 Å². The highest BCUT2D eigenvalue weighted by molar-refractivity contribution is 7.99. The van der Waals surface area contributed by atoms with E-state index in [1.807, 2.05) is 47.4 Å². The second-order valence-electron chi connectivity index (χ2n) is 5.69.